The lowest BCUT2D eigenvalue weighted by atomic mass is 10.1. The molecule has 120 valence electrons. The number of carbonyl (C=O) groups excluding carboxylic acids is 2. The first-order valence-electron chi connectivity index (χ1n) is 7.11. The smallest absolute Gasteiger partial charge is 0.270 e. The largest absolute Gasteiger partial charge is 0.295 e. The minimum absolute atomic E-state index is 0.0496. The summed E-state index contributed by atoms with van der Waals surface area (Å²) in [6.45, 7) is 1.48. The number of carbonyl (C=O) groups is 2. The molecule has 0 spiro atoms. The third-order valence-electron chi connectivity index (χ3n) is 3.52. The fourth-order valence-electron chi connectivity index (χ4n) is 2.27. The van der Waals surface area contributed by atoms with Gasteiger partial charge in [0.1, 0.15) is 5.82 Å². The molecule has 6 heteroatoms. The molecule has 1 aliphatic rings. The maximum Gasteiger partial charge on any atom is 0.270 e. The van der Waals surface area contributed by atoms with Crippen molar-refractivity contribution in [3.63, 3.8) is 0 Å². The number of Topliss-reactive ketones (excluding diaryl/α,β-unsaturated/α-hetero) is 1. The zero-order valence-electron chi connectivity index (χ0n) is 12.7. The van der Waals surface area contributed by atoms with E-state index in [0.717, 1.165) is 11.8 Å². The Labute approximate surface area is 148 Å². The van der Waals surface area contributed by atoms with Crippen LogP contribution in [0.1, 0.15) is 22.8 Å². The molecule has 0 atom stereocenters. The second-order valence-corrected chi connectivity index (χ2v) is 6.82. The van der Waals surface area contributed by atoms with E-state index in [1.165, 1.54) is 24.0 Å². The molecule has 0 aliphatic carbocycles. The molecule has 0 bridgehead atoms. The number of ketones is 1. The molecule has 2 aromatic rings. The summed E-state index contributed by atoms with van der Waals surface area (Å²) in [5.41, 5.74) is 1.48. The van der Waals surface area contributed by atoms with Gasteiger partial charge in [-0.2, -0.15) is 0 Å². The molecule has 0 saturated carbocycles. The van der Waals surface area contributed by atoms with Crippen LogP contribution in [0.2, 0.25) is 0 Å². The number of benzene rings is 2. The Hall–Kier alpha value is -2.31. The van der Waals surface area contributed by atoms with Crippen LogP contribution in [0.3, 0.4) is 0 Å². The van der Waals surface area contributed by atoms with E-state index in [1.54, 1.807) is 42.5 Å². The molecule has 0 unspecified atom stereocenters. The predicted molar refractivity (Wildman–Crippen MR) is 98.5 cm³/mol. The Morgan fingerprint density at radius 3 is 2.46 bits per heavy atom. The van der Waals surface area contributed by atoms with Crippen LogP contribution in [0.5, 0.6) is 0 Å². The van der Waals surface area contributed by atoms with E-state index in [2.05, 4.69) is 0 Å². The Bertz CT molecular complexity index is 875. The van der Waals surface area contributed by atoms with Crippen LogP contribution in [0.4, 0.5) is 10.1 Å². The highest BCUT2D eigenvalue weighted by atomic mass is 32.2. The minimum atomic E-state index is -0.395. The van der Waals surface area contributed by atoms with Gasteiger partial charge in [-0.25, -0.2) is 4.39 Å². The summed E-state index contributed by atoms with van der Waals surface area (Å²) < 4.78 is 14.1. The van der Waals surface area contributed by atoms with Crippen LogP contribution in [0.25, 0.3) is 6.08 Å². The lowest BCUT2D eigenvalue weighted by Crippen LogP contribution is -2.27. The molecule has 0 aromatic heterocycles. The summed E-state index contributed by atoms with van der Waals surface area (Å²) in [5, 5.41) is 0. The fourth-order valence-corrected chi connectivity index (χ4v) is 3.56. The first-order chi connectivity index (χ1) is 11.5. The number of thioether (sulfide) groups is 1. The van der Waals surface area contributed by atoms with Crippen LogP contribution in [0, 0.1) is 5.82 Å². The Morgan fingerprint density at radius 2 is 1.83 bits per heavy atom. The van der Waals surface area contributed by atoms with Gasteiger partial charge in [-0.15, -0.1) is 0 Å². The Balaban J connectivity index is 1.92. The number of hydrogen-bond acceptors (Lipinski definition) is 4. The van der Waals surface area contributed by atoms with Crippen molar-refractivity contribution >= 4 is 51.8 Å². The number of nitrogens with zero attached hydrogens (tertiary/aromatic N) is 1. The van der Waals surface area contributed by atoms with Crippen molar-refractivity contribution in [2.75, 3.05) is 4.90 Å². The summed E-state index contributed by atoms with van der Waals surface area (Å²) in [6, 6.07) is 12.9. The van der Waals surface area contributed by atoms with E-state index in [0.29, 0.717) is 26.0 Å². The topological polar surface area (TPSA) is 37.4 Å². The maximum atomic E-state index is 13.8. The van der Waals surface area contributed by atoms with Crippen molar-refractivity contribution in [3.05, 3.63) is 70.4 Å². The average molecular weight is 357 g/mol. The molecule has 0 N–H and O–H groups in total. The lowest BCUT2D eigenvalue weighted by molar-refractivity contribution is -0.113. The standard InChI is InChI=1S/C18H12FNO2S2/c1-11(21)12-6-8-14(9-7-12)20-17(22)16(24-18(20)23)10-13-4-2-3-5-15(13)19/h2-10H,1H3/b16-10-. The van der Waals surface area contributed by atoms with Gasteiger partial charge in [0.05, 0.1) is 10.6 Å². The van der Waals surface area contributed by atoms with Crippen molar-refractivity contribution in [1.82, 2.24) is 0 Å². The van der Waals surface area contributed by atoms with Crippen molar-refractivity contribution < 1.29 is 14.0 Å². The van der Waals surface area contributed by atoms with Crippen LogP contribution < -0.4 is 4.90 Å². The third-order valence-corrected chi connectivity index (χ3v) is 4.82. The monoisotopic (exact) mass is 357 g/mol. The SMILES string of the molecule is CC(=O)c1ccc(N2C(=O)/C(=C/c3ccccc3F)SC2=S)cc1. The van der Waals surface area contributed by atoms with E-state index in [9.17, 15) is 14.0 Å². The number of amides is 1. The molecule has 1 saturated heterocycles. The lowest BCUT2D eigenvalue weighted by Gasteiger charge is -2.14. The molecule has 3 nitrogen and oxygen atoms in total. The number of hydrogen-bond donors (Lipinski definition) is 0. The molecule has 1 heterocycles. The summed E-state index contributed by atoms with van der Waals surface area (Å²) in [4.78, 5) is 25.7. The molecule has 0 radical (unpaired) electrons. The molecule has 24 heavy (non-hydrogen) atoms. The number of anilines is 1. The van der Waals surface area contributed by atoms with Gasteiger partial charge in [0.25, 0.3) is 5.91 Å². The number of rotatable bonds is 3. The van der Waals surface area contributed by atoms with Gasteiger partial charge in [0, 0.05) is 11.1 Å². The van der Waals surface area contributed by atoms with Gasteiger partial charge >= 0.3 is 0 Å². The predicted octanol–water partition coefficient (Wildman–Crippen LogP) is 4.43. The van der Waals surface area contributed by atoms with Crippen molar-refractivity contribution in [2.45, 2.75) is 6.92 Å². The highest BCUT2D eigenvalue weighted by molar-refractivity contribution is 8.27. The van der Waals surface area contributed by atoms with Crippen molar-refractivity contribution in [2.24, 2.45) is 0 Å². The molecular formula is C18H12FNO2S2. The highest BCUT2D eigenvalue weighted by Gasteiger charge is 2.33. The van der Waals surface area contributed by atoms with Crippen LogP contribution in [-0.4, -0.2) is 16.0 Å². The zero-order chi connectivity index (χ0) is 17.3. The molecule has 3 rings (SSSR count). The minimum Gasteiger partial charge on any atom is -0.295 e. The van der Waals surface area contributed by atoms with Crippen molar-refractivity contribution in [3.8, 4) is 0 Å². The van der Waals surface area contributed by atoms with E-state index < -0.39 is 5.82 Å². The zero-order valence-corrected chi connectivity index (χ0v) is 14.3. The molecule has 1 amide bonds. The van der Waals surface area contributed by atoms with Crippen LogP contribution in [-0.2, 0) is 4.79 Å². The summed E-state index contributed by atoms with van der Waals surface area (Å²) >= 11 is 6.40. The average Bonchev–Trinajstić information content (AvgIpc) is 2.84. The van der Waals surface area contributed by atoms with Crippen LogP contribution >= 0.6 is 24.0 Å². The van der Waals surface area contributed by atoms with E-state index >= 15 is 0 Å². The number of halogens is 1. The molecular weight excluding hydrogens is 345 g/mol. The van der Waals surface area contributed by atoms with E-state index in [1.807, 2.05) is 0 Å². The van der Waals surface area contributed by atoms with Gasteiger partial charge < -0.3 is 0 Å². The van der Waals surface area contributed by atoms with Gasteiger partial charge in [-0.3, -0.25) is 14.5 Å². The van der Waals surface area contributed by atoms with Gasteiger partial charge in [-0.05, 0) is 43.3 Å². The molecule has 1 aliphatic heterocycles. The third kappa shape index (κ3) is 3.16. The van der Waals surface area contributed by atoms with Gasteiger partial charge in [-0.1, -0.05) is 42.2 Å². The first kappa shape index (κ1) is 16.5. The second kappa shape index (κ2) is 6.67. The maximum absolute atomic E-state index is 13.8. The fraction of sp³-hybridized carbons (Fsp3) is 0.0556. The number of thiocarbonyl (C=S) groups is 1. The quantitative estimate of drug-likeness (QED) is 0.462. The van der Waals surface area contributed by atoms with Crippen molar-refractivity contribution in [1.29, 1.82) is 0 Å². The van der Waals surface area contributed by atoms with E-state index in [4.69, 9.17) is 12.2 Å². The first-order valence-corrected chi connectivity index (χ1v) is 8.33. The van der Waals surface area contributed by atoms with Gasteiger partial charge in [0.15, 0.2) is 10.1 Å². The Kier molecular flexibility index (Phi) is 4.59. The van der Waals surface area contributed by atoms with Gasteiger partial charge in [0.2, 0.25) is 0 Å². The highest BCUT2D eigenvalue weighted by Crippen LogP contribution is 2.36. The van der Waals surface area contributed by atoms with E-state index in [-0.39, 0.29) is 11.7 Å². The normalized spacial score (nSPS) is 16.1. The van der Waals surface area contributed by atoms with Crippen LogP contribution in [0.15, 0.2) is 53.4 Å². The summed E-state index contributed by atoms with van der Waals surface area (Å²) in [6.07, 6.45) is 1.50. The Morgan fingerprint density at radius 1 is 1.17 bits per heavy atom. The molecule has 2 aromatic carbocycles. The molecule has 1 fully saturated rings. The second-order valence-electron chi connectivity index (χ2n) is 5.14. The summed E-state index contributed by atoms with van der Waals surface area (Å²) in [7, 11) is 0. The summed E-state index contributed by atoms with van der Waals surface area (Å²) in [5.74, 6) is -0.746.